The van der Waals surface area contributed by atoms with Crippen molar-refractivity contribution in [2.75, 3.05) is 24.5 Å². The highest BCUT2D eigenvalue weighted by atomic mass is 16.3. The number of aromatic nitrogens is 1. The molecule has 0 radical (unpaired) electrons. The molecule has 1 fully saturated rings. The molecule has 0 saturated carbocycles. The van der Waals surface area contributed by atoms with Crippen molar-refractivity contribution < 1.29 is 5.11 Å². The molecule has 0 bridgehead atoms. The van der Waals surface area contributed by atoms with Gasteiger partial charge in [-0.1, -0.05) is 6.07 Å². The number of nitrogens with one attached hydrogen (secondary N) is 1. The highest BCUT2D eigenvalue weighted by Crippen LogP contribution is 2.28. The molecular weight excluding hydrogens is 250 g/mol. The normalized spacial score (nSPS) is 18.6. The Bertz CT molecular complexity index is 593. The Morgan fingerprint density at radius 1 is 1.40 bits per heavy atom. The summed E-state index contributed by atoms with van der Waals surface area (Å²) in [6.45, 7) is 5.16. The maximum Gasteiger partial charge on any atom is 0.136 e. The van der Waals surface area contributed by atoms with E-state index in [1.807, 2.05) is 24.4 Å². The van der Waals surface area contributed by atoms with Gasteiger partial charge in [0.2, 0.25) is 0 Å². The molecule has 3 rings (SSSR count). The summed E-state index contributed by atoms with van der Waals surface area (Å²) in [4.78, 5) is 6.84. The summed E-state index contributed by atoms with van der Waals surface area (Å²) in [5.41, 5.74) is 0. The van der Waals surface area contributed by atoms with Crippen molar-refractivity contribution in [3.05, 3.63) is 30.5 Å². The minimum Gasteiger partial charge on any atom is -0.508 e. The zero-order valence-corrected chi connectivity index (χ0v) is 11.8. The maximum atomic E-state index is 9.73. The number of benzene rings is 1. The Labute approximate surface area is 119 Å². The molecular formula is C16H21N3O. The maximum absolute atomic E-state index is 9.73. The molecule has 0 aliphatic carbocycles. The zero-order valence-electron chi connectivity index (χ0n) is 11.8. The second-order valence-electron chi connectivity index (χ2n) is 5.37. The molecule has 1 aliphatic heterocycles. The first-order valence-electron chi connectivity index (χ1n) is 7.34. The molecule has 1 aromatic carbocycles. The predicted octanol–water partition coefficient (Wildman–Crippen LogP) is 2.52. The largest absolute Gasteiger partial charge is 0.508 e. The number of nitrogens with zero attached hydrogens (tertiary/aromatic N) is 2. The minimum absolute atomic E-state index is 0.293. The van der Waals surface area contributed by atoms with Gasteiger partial charge in [0.1, 0.15) is 11.6 Å². The third kappa shape index (κ3) is 2.56. The number of phenolic OH excluding ortho intramolecular Hbond substituents is 1. The molecule has 1 atom stereocenters. The number of rotatable bonds is 4. The first kappa shape index (κ1) is 13.2. The molecule has 106 valence electrons. The molecule has 4 nitrogen and oxygen atoms in total. The fourth-order valence-corrected chi connectivity index (χ4v) is 2.94. The Balaban J connectivity index is 1.95. The van der Waals surface area contributed by atoms with Gasteiger partial charge < -0.3 is 15.3 Å². The smallest absolute Gasteiger partial charge is 0.136 e. The fraction of sp³-hybridized carbons (Fsp3) is 0.438. The molecule has 20 heavy (non-hydrogen) atoms. The Hall–Kier alpha value is -1.81. The average molecular weight is 271 g/mol. The van der Waals surface area contributed by atoms with Gasteiger partial charge in [0, 0.05) is 30.7 Å². The van der Waals surface area contributed by atoms with Crippen LogP contribution in [-0.4, -0.2) is 35.8 Å². The van der Waals surface area contributed by atoms with E-state index in [0.717, 1.165) is 36.2 Å². The number of fused-ring (bicyclic) bond motifs is 1. The van der Waals surface area contributed by atoms with Crippen molar-refractivity contribution in [3.63, 3.8) is 0 Å². The second kappa shape index (κ2) is 5.67. The first-order chi connectivity index (χ1) is 9.78. The standard InChI is InChI=1S/C16H21N3O/c1-2-19(11-13-4-3-8-17-13)16-15-10-14(20)6-5-12(15)7-9-18-16/h5-7,9-10,13,17,20H,2-4,8,11H2,1H3. The van der Waals surface area contributed by atoms with E-state index >= 15 is 0 Å². The van der Waals surface area contributed by atoms with E-state index in [1.54, 1.807) is 6.07 Å². The lowest BCUT2D eigenvalue weighted by molar-refractivity contribution is 0.476. The molecule has 1 aromatic heterocycles. The highest BCUT2D eigenvalue weighted by molar-refractivity contribution is 5.93. The molecule has 4 heteroatoms. The molecule has 2 N–H and O–H groups in total. The highest BCUT2D eigenvalue weighted by Gasteiger charge is 2.19. The topological polar surface area (TPSA) is 48.4 Å². The van der Waals surface area contributed by atoms with Crippen LogP contribution in [-0.2, 0) is 0 Å². The lowest BCUT2D eigenvalue weighted by Crippen LogP contribution is -2.38. The van der Waals surface area contributed by atoms with Gasteiger partial charge in [-0.2, -0.15) is 0 Å². The lowest BCUT2D eigenvalue weighted by atomic mass is 10.1. The quantitative estimate of drug-likeness (QED) is 0.897. The van der Waals surface area contributed by atoms with Crippen molar-refractivity contribution >= 4 is 16.6 Å². The van der Waals surface area contributed by atoms with Gasteiger partial charge in [0.15, 0.2) is 0 Å². The number of hydrogen-bond donors (Lipinski definition) is 2. The van der Waals surface area contributed by atoms with Crippen LogP contribution in [0.25, 0.3) is 10.8 Å². The van der Waals surface area contributed by atoms with Crippen LogP contribution in [0.3, 0.4) is 0 Å². The summed E-state index contributed by atoms with van der Waals surface area (Å²) in [6, 6.07) is 8.00. The van der Waals surface area contributed by atoms with Crippen molar-refractivity contribution in [1.82, 2.24) is 10.3 Å². The lowest BCUT2D eigenvalue weighted by Gasteiger charge is -2.26. The van der Waals surface area contributed by atoms with Crippen molar-refractivity contribution in [1.29, 1.82) is 0 Å². The van der Waals surface area contributed by atoms with Crippen LogP contribution < -0.4 is 10.2 Å². The average Bonchev–Trinajstić information content (AvgIpc) is 2.97. The van der Waals surface area contributed by atoms with E-state index in [1.165, 1.54) is 12.8 Å². The Morgan fingerprint density at radius 2 is 2.30 bits per heavy atom. The number of hydrogen-bond acceptors (Lipinski definition) is 4. The van der Waals surface area contributed by atoms with Crippen molar-refractivity contribution in [3.8, 4) is 5.75 Å². The van der Waals surface area contributed by atoms with Crippen LogP contribution in [0.2, 0.25) is 0 Å². The third-order valence-electron chi connectivity index (χ3n) is 4.01. The van der Waals surface area contributed by atoms with Crippen molar-refractivity contribution in [2.45, 2.75) is 25.8 Å². The second-order valence-corrected chi connectivity index (χ2v) is 5.37. The van der Waals surface area contributed by atoms with Crippen LogP contribution in [0.15, 0.2) is 30.5 Å². The van der Waals surface area contributed by atoms with Gasteiger partial charge in [-0.25, -0.2) is 4.98 Å². The molecule has 1 saturated heterocycles. The summed E-state index contributed by atoms with van der Waals surface area (Å²) < 4.78 is 0. The van der Waals surface area contributed by atoms with Gasteiger partial charge in [-0.3, -0.25) is 0 Å². The predicted molar refractivity (Wildman–Crippen MR) is 82.3 cm³/mol. The first-order valence-corrected chi connectivity index (χ1v) is 7.34. The molecule has 0 spiro atoms. The zero-order chi connectivity index (χ0) is 13.9. The van der Waals surface area contributed by atoms with E-state index in [2.05, 4.69) is 22.1 Å². The summed E-state index contributed by atoms with van der Waals surface area (Å²) in [5, 5.41) is 15.4. The fourth-order valence-electron chi connectivity index (χ4n) is 2.94. The number of aromatic hydroxyl groups is 1. The van der Waals surface area contributed by atoms with E-state index in [0.29, 0.717) is 11.8 Å². The number of likely N-dealkylation sites (N-methyl/N-ethyl adjacent to an activating group) is 1. The number of anilines is 1. The van der Waals surface area contributed by atoms with E-state index in [9.17, 15) is 5.11 Å². The van der Waals surface area contributed by atoms with Gasteiger partial charge in [-0.05, 0) is 49.9 Å². The molecule has 0 amide bonds. The summed E-state index contributed by atoms with van der Waals surface area (Å²) in [7, 11) is 0. The molecule has 2 heterocycles. The number of phenols is 1. The van der Waals surface area contributed by atoms with Gasteiger partial charge in [-0.15, -0.1) is 0 Å². The van der Waals surface area contributed by atoms with Crippen molar-refractivity contribution in [2.24, 2.45) is 0 Å². The van der Waals surface area contributed by atoms with Gasteiger partial charge in [0.25, 0.3) is 0 Å². The monoisotopic (exact) mass is 271 g/mol. The van der Waals surface area contributed by atoms with E-state index < -0.39 is 0 Å². The van der Waals surface area contributed by atoms with E-state index in [4.69, 9.17) is 0 Å². The molecule has 1 unspecified atom stereocenters. The Kier molecular flexibility index (Phi) is 3.74. The number of pyridine rings is 1. The van der Waals surface area contributed by atoms with Gasteiger partial charge in [0.05, 0.1) is 0 Å². The summed E-state index contributed by atoms with van der Waals surface area (Å²) >= 11 is 0. The van der Waals surface area contributed by atoms with Gasteiger partial charge >= 0.3 is 0 Å². The summed E-state index contributed by atoms with van der Waals surface area (Å²) in [6.07, 6.45) is 4.33. The molecule has 2 aromatic rings. The van der Waals surface area contributed by atoms with Crippen LogP contribution in [0.4, 0.5) is 5.82 Å². The summed E-state index contributed by atoms with van der Waals surface area (Å²) in [5.74, 6) is 1.26. The SMILES string of the molecule is CCN(CC1CCCN1)c1nccc2ccc(O)cc12. The van der Waals surface area contributed by atoms with Crippen LogP contribution in [0, 0.1) is 0 Å². The third-order valence-corrected chi connectivity index (χ3v) is 4.01. The van der Waals surface area contributed by atoms with Crippen LogP contribution in [0.1, 0.15) is 19.8 Å². The minimum atomic E-state index is 0.293. The van der Waals surface area contributed by atoms with Crippen LogP contribution in [0.5, 0.6) is 5.75 Å². The van der Waals surface area contributed by atoms with Crippen LogP contribution >= 0.6 is 0 Å². The van der Waals surface area contributed by atoms with E-state index in [-0.39, 0.29) is 0 Å². The molecule has 1 aliphatic rings. The Morgan fingerprint density at radius 3 is 3.05 bits per heavy atom.